The molecule has 6 nitrogen and oxygen atoms in total. The van der Waals surface area contributed by atoms with Crippen molar-refractivity contribution in [3.05, 3.63) is 23.8 Å². The Morgan fingerprint density at radius 1 is 1.35 bits per heavy atom. The van der Waals surface area contributed by atoms with Crippen LogP contribution in [0.15, 0.2) is 18.2 Å². The SMILES string of the molecule is CC1(C)CCN(C(=O)Nc2ccc(O)cc2C(=O)O)C1. The average molecular weight is 278 g/mol. The van der Waals surface area contributed by atoms with Gasteiger partial charge < -0.3 is 20.4 Å². The number of carboxylic acid groups (broad SMARTS) is 1. The molecule has 0 unspecified atom stereocenters. The van der Waals surface area contributed by atoms with Crippen molar-refractivity contribution >= 4 is 17.7 Å². The van der Waals surface area contributed by atoms with Crippen molar-refractivity contribution in [2.75, 3.05) is 18.4 Å². The Bertz CT molecular complexity index is 554. The number of carboxylic acids is 1. The van der Waals surface area contributed by atoms with Gasteiger partial charge in [0.2, 0.25) is 0 Å². The van der Waals surface area contributed by atoms with E-state index in [1.165, 1.54) is 12.1 Å². The largest absolute Gasteiger partial charge is 0.508 e. The number of hydrogen-bond donors (Lipinski definition) is 3. The number of aromatic carboxylic acids is 1. The Labute approximate surface area is 117 Å². The van der Waals surface area contributed by atoms with Gasteiger partial charge in [0.15, 0.2) is 0 Å². The van der Waals surface area contributed by atoms with E-state index >= 15 is 0 Å². The maximum Gasteiger partial charge on any atom is 0.337 e. The molecule has 0 aliphatic carbocycles. The first-order valence-corrected chi connectivity index (χ1v) is 6.41. The molecule has 1 aliphatic heterocycles. The highest BCUT2D eigenvalue weighted by Gasteiger charge is 2.32. The average Bonchev–Trinajstić information content (AvgIpc) is 2.71. The second kappa shape index (κ2) is 5.03. The summed E-state index contributed by atoms with van der Waals surface area (Å²) in [6.07, 6.45) is 0.918. The number of likely N-dealkylation sites (tertiary alicyclic amines) is 1. The summed E-state index contributed by atoms with van der Waals surface area (Å²) in [5, 5.41) is 21.0. The zero-order valence-electron chi connectivity index (χ0n) is 11.5. The van der Waals surface area contributed by atoms with E-state index in [0.29, 0.717) is 13.1 Å². The Balaban J connectivity index is 2.14. The Morgan fingerprint density at radius 3 is 2.60 bits per heavy atom. The Hall–Kier alpha value is -2.24. The summed E-state index contributed by atoms with van der Waals surface area (Å²) in [7, 11) is 0. The van der Waals surface area contributed by atoms with Crippen molar-refractivity contribution in [2.45, 2.75) is 20.3 Å². The van der Waals surface area contributed by atoms with Gasteiger partial charge in [0, 0.05) is 13.1 Å². The predicted octanol–water partition coefficient (Wildman–Crippen LogP) is 2.35. The lowest BCUT2D eigenvalue weighted by atomic mass is 9.93. The van der Waals surface area contributed by atoms with Gasteiger partial charge in [-0.1, -0.05) is 13.8 Å². The molecule has 1 saturated heterocycles. The third-order valence-electron chi connectivity index (χ3n) is 3.44. The van der Waals surface area contributed by atoms with Gasteiger partial charge in [0.1, 0.15) is 5.75 Å². The number of carbonyl (C=O) groups is 2. The molecule has 6 heteroatoms. The molecule has 20 heavy (non-hydrogen) atoms. The van der Waals surface area contributed by atoms with Crippen molar-refractivity contribution < 1.29 is 19.8 Å². The van der Waals surface area contributed by atoms with E-state index in [1.807, 2.05) is 0 Å². The molecular formula is C14H18N2O4. The molecule has 0 aromatic heterocycles. The van der Waals surface area contributed by atoms with E-state index in [-0.39, 0.29) is 28.4 Å². The monoisotopic (exact) mass is 278 g/mol. The zero-order chi connectivity index (χ0) is 14.9. The summed E-state index contributed by atoms with van der Waals surface area (Å²) < 4.78 is 0. The van der Waals surface area contributed by atoms with E-state index in [1.54, 1.807) is 4.90 Å². The molecule has 1 aromatic rings. The van der Waals surface area contributed by atoms with Crippen LogP contribution in [-0.2, 0) is 0 Å². The van der Waals surface area contributed by atoms with Crippen molar-refractivity contribution in [3.63, 3.8) is 0 Å². The van der Waals surface area contributed by atoms with Gasteiger partial charge in [-0.25, -0.2) is 9.59 Å². The van der Waals surface area contributed by atoms with E-state index in [2.05, 4.69) is 19.2 Å². The number of nitrogens with zero attached hydrogens (tertiary/aromatic N) is 1. The Morgan fingerprint density at radius 2 is 2.05 bits per heavy atom. The minimum absolute atomic E-state index is 0.0852. The number of phenolic OH excluding ortho intramolecular Hbond substituents is 1. The lowest BCUT2D eigenvalue weighted by Crippen LogP contribution is -2.34. The molecule has 0 bridgehead atoms. The summed E-state index contributed by atoms with van der Waals surface area (Å²) >= 11 is 0. The number of hydrogen-bond acceptors (Lipinski definition) is 3. The van der Waals surface area contributed by atoms with Gasteiger partial charge in [-0.3, -0.25) is 0 Å². The van der Waals surface area contributed by atoms with Crippen LogP contribution in [0, 0.1) is 5.41 Å². The predicted molar refractivity (Wildman–Crippen MR) is 74.1 cm³/mol. The van der Waals surface area contributed by atoms with Crippen LogP contribution >= 0.6 is 0 Å². The summed E-state index contributed by atoms with van der Waals surface area (Å²) in [6, 6.07) is 3.53. The molecule has 1 fully saturated rings. The minimum Gasteiger partial charge on any atom is -0.508 e. The number of nitrogens with one attached hydrogen (secondary N) is 1. The summed E-state index contributed by atoms with van der Waals surface area (Å²) in [5.74, 6) is -1.35. The van der Waals surface area contributed by atoms with Crippen molar-refractivity contribution in [1.82, 2.24) is 4.90 Å². The first kappa shape index (κ1) is 14.2. The topological polar surface area (TPSA) is 89.9 Å². The van der Waals surface area contributed by atoms with Gasteiger partial charge in [-0.2, -0.15) is 0 Å². The second-order valence-corrected chi connectivity index (χ2v) is 5.80. The standard InChI is InChI=1S/C14H18N2O4/c1-14(2)5-6-16(8-14)13(20)15-11-4-3-9(17)7-10(11)12(18)19/h3-4,7,17H,5-6,8H2,1-2H3,(H,15,20)(H,18,19). The lowest BCUT2D eigenvalue weighted by molar-refractivity contribution is 0.0697. The van der Waals surface area contributed by atoms with E-state index < -0.39 is 5.97 Å². The Kier molecular flexibility index (Phi) is 3.57. The molecule has 2 rings (SSSR count). The van der Waals surface area contributed by atoms with Gasteiger partial charge in [0.25, 0.3) is 0 Å². The number of amides is 2. The van der Waals surface area contributed by atoms with Crippen LogP contribution in [0.4, 0.5) is 10.5 Å². The third-order valence-corrected chi connectivity index (χ3v) is 3.44. The number of phenols is 1. The van der Waals surface area contributed by atoms with Gasteiger partial charge in [0.05, 0.1) is 11.3 Å². The maximum atomic E-state index is 12.1. The van der Waals surface area contributed by atoms with E-state index in [0.717, 1.165) is 12.5 Å². The lowest BCUT2D eigenvalue weighted by Gasteiger charge is -2.20. The number of rotatable bonds is 2. The van der Waals surface area contributed by atoms with E-state index in [4.69, 9.17) is 5.11 Å². The molecule has 1 aromatic carbocycles. The van der Waals surface area contributed by atoms with E-state index in [9.17, 15) is 14.7 Å². The van der Waals surface area contributed by atoms with Gasteiger partial charge in [-0.05, 0) is 30.0 Å². The van der Waals surface area contributed by atoms with Crippen LogP contribution in [0.25, 0.3) is 0 Å². The first-order valence-electron chi connectivity index (χ1n) is 6.41. The first-order chi connectivity index (χ1) is 9.28. The summed E-state index contributed by atoms with van der Waals surface area (Å²) in [5.41, 5.74) is 0.142. The minimum atomic E-state index is -1.20. The summed E-state index contributed by atoms with van der Waals surface area (Å²) in [4.78, 5) is 24.9. The van der Waals surface area contributed by atoms with Crippen LogP contribution in [0.3, 0.4) is 0 Å². The number of aromatic hydroxyl groups is 1. The normalized spacial score (nSPS) is 17.0. The maximum absolute atomic E-state index is 12.1. The molecular weight excluding hydrogens is 260 g/mol. The molecule has 2 amide bonds. The fourth-order valence-electron chi connectivity index (χ4n) is 2.30. The smallest absolute Gasteiger partial charge is 0.337 e. The van der Waals surface area contributed by atoms with Crippen LogP contribution in [-0.4, -0.2) is 40.2 Å². The second-order valence-electron chi connectivity index (χ2n) is 5.80. The fourth-order valence-corrected chi connectivity index (χ4v) is 2.30. The number of anilines is 1. The van der Waals surface area contributed by atoms with Crippen LogP contribution in [0.2, 0.25) is 0 Å². The molecule has 1 heterocycles. The quantitative estimate of drug-likeness (QED) is 0.724. The molecule has 0 atom stereocenters. The number of carbonyl (C=O) groups excluding carboxylic acids is 1. The molecule has 108 valence electrons. The molecule has 3 N–H and O–H groups in total. The van der Waals surface area contributed by atoms with Crippen LogP contribution in [0.5, 0.6) is 5.75 Å². The van der Waals surface area contributed by atoms with Crippen molar-refractivity contribution in [1.29, 1.82) is 0 Å². The molecule has 0 saturated carbocycles. The molecule has 0 radical (unpaired) electrons. The molecule has 0 spiro atoms. The number of urea groups is 1. The van der Waals surface area contributed by atoms with Crippen molar-refractivity contribution in [3.8, 4) is 5.75 Å². The zero-order valence-corrected chi connectivity index (χ0v) is 11.5. The van der Waals surface area contributed by atoms with Crippen molar-refractivity contribution in [2.24, 2.45) is 5.41 Å². The molecule has 1 aliphatic rings. The van der Waals surface area contributed by atoms with Gasteiger partial charge in [-0.15, -0.1) is 0 Å². The van der Waals surface area contributed by atoms with Crippen LogP contribution < -0.4 is 5.32 Å². The summed E-state index contributed by atoms with van der Waals surface area (Å²) in [6.45, 7) is 5.46. The van der Waals surface area contributed by atoms with Crippen LogP contribution in [0.1, 0.15) is 30.6 Å². The van der Waals surface area contributed by atoms with Gasteiger partial charge >= 0.3 is 12.0 Å². The highest BCUT2D eigenvalue weighted by atomic mass is 16.4. The highest BCUT2D eigenvalue weighted by molar-refractivity contribution is 6.00. The number of benzene rings is 1. The third kappa shape index (κ3) is 3.01. The highest BCUT2D eigenvalue weighted by Crippen LogP contribution is 2.29. The fraction of sp³-hybridized carbons (Fsp3) is 0.429.